The van der Waals surface area contributed by atoms with Crippen molar-refractivity contribution in [3.8, 4) is 0 Å². The molecule has 0 spiro atoms. The summed E-state index contributed by atoms with van der Waals surface area (Å²) in [4.78, 5) is 26.6. The van der Waals surface area contributed by atoms with Gasteiger partial charge in [0, 0.05) is 15.6 Å². The number of ether oxygens (including phenoxy) is 1. The molecule has 1 aliphatic heterocycles. The molecule has 8 heteroatoms. The minimum Gasteiger partial charge on any atom is -0.465 e. The molecule has 0 aliphatic carbocycles. The Morgan fingerprint density at radius 3 is 2.66 bits per heavy atom. The van der Waals surface area contributed by atoms with Crippen molar-refractivity contribution in [2.45, 2.75) is 18.7 Å². The summed E-state index contributed by atoms with van der Waals surface area (Å²) < 4.78 is 5.27. The van der Waals surface area contributed by atoms with Crippen LogP contribution < -0.4 is 5.32 Å². The van der Waals surface area contributed by atoms with Crippen LogP contribution in [-0.4, -0.2) is 42.1 Å². The van der Waals surface area contributed by atoms with Gasteiger partial charge in [-0.25, -0.2) is 9.80 Å². The highest BCUT2D eigenvalue weighted by molar-refractivity contribution is 7.98. The van der Waals surface area contributed by atoms with E-state index in [0.29, 0.717) is 22.0 Å². The number of anilines is 1. The first-order chi connectivity index (χ1) is 13.9. The Hall–Kier alpha value is -2.51. The SMILES string of the molecule is CCOC(=O)C1(C)CN(C(=O)Nc2cccc(SC)c2)N=C1c1ccc(Cl)cc1. The molecule has 0 radical (unpaired) electrons. The molecule has 2 amide bonds. The minimum absolute atomic E-state index is 0.0812. The van der Waals surface area contributed by atoms with Gasteiger partial charge in [0.2, 0.25) is 0 Å². The Labute approximate surface area is 179 Å². The third-order valence-corrected chi connectivity index (χ3v) is 5.59. The Balaban J connectivity index is 1.90. The maximum Gasteiger partial charge on any atom is 0.342 e. The highest BCUT2D eigenvalue weighted by Crippen LogP contribution is 2.33. The van der Waals surface area contributed by atoms with Gasteiger partial charge in [0.15, 0.2) is 0 Å². The topological polar surface area (TPSA) is 71.0 Å². The van der Waals surface area contributed by atoms with Crippen LogP contribution in [0.1, 0.15) is 19.4 Å². The van der Waals surface area contributed by atoms with Gasteiger partial charge in [0.25, 0.3) is 0 Å². The van der Waals surface area contributed by atoms with Crippen LogP contribution in [0.15, 0.2) is 58.5 Å². The van der Waals surface area contributed by atoms with E-state index in [-0.39, 0.29) is 13.2 Å². The molecule has 29 heavy (non-hydrogen) atoms. The van der Waals surface area contributed by atoms with Crippen LogP contribution in [0.5, 0.6) is 0 Å². The Bertz CT molecular complexity index is 948. The van der Waals surface area contributed by atoms with Crippen LogP contribution in [0.25, 0.3) is 0 Å². The molecule has 1 aliphatic rings. The first kappa shape index (κ1) is 21.2. The quantitative estimate of drug-likeness (QED) is 0.540. The van der Waals surface area contributed by atoms with Gasteiger partial charge < -0.3 is 10.1 Å². The summed E-state index contributed by atoms with van der Waals surface area (Å²) in [6.45, 7) is 3.81. The predicted octanol–water partition coefficient (Wildman–Crippen LogP) is 4.88. The van der Waals surface area contributed by atoms with Gasteiger partial charge in [0.05, 0.1) is 18.9 Å². The van der Waals surface area contributed by atoms with E-state index in [4.69, 9.17) is 16.3 Å². The van der Waals surface area contributed by atoms with E-state index in [2.05, 4.69) is 10.4 Å². The third kappa shape index (κ3) is 4.57. The van der Waals surface area contributed by atoms with Crippen LogP contribution in [0, 0.1) is 5.41 Å². The van der Waals surface area contributed by atoms with Crippen LogP contribution in [0.4, 0.5) is 10.5 Å². The fourth-order valence-electron chi connectivity index (χ4n) is 3.08. The lowest BCUT2D eigenvalue weighted by atomic mass is 9.82. The van der Waals surface area contributed by atoms with Crippen molar-refractivity contribution in [1.82, 2.24) is 5.01 Å². The van der Waals surface area contributed by atoms with E-state index < -0.39 is 17.4 Å². The lowest BCUT2D eigenvalue weighted by Crippen LogP contribution is -2.42. The largest absolute Gasteiger partial charge is 0.465 e. The average Bonchev–Trinajstić information content (AvgIpc) is 3.08. The molecular formula is C21H22ClN3O3S. The first-order valence-electron chi connectivity index (χ1n) is 9.12. The average molecular weight is 432 g/mol. The van der Waals surface area contributed by atoms with E-state index in [0.717, 1.165) is 4.90 Å². The smallest absolute Gasteiger partial charge is 0.342 e. The lowest BCUT2D eigenvalue weighted by molar-refractivity contribution is -0.150. The second-order valence-electron chi connectivity index (χ2n) is 6.73. The summed E-state index contributed by atoms with van der Waals surface area (Å²) in [5.41, 5.74) is 0.766. The van der Waals surface area contributed by atoms with Crippen molar-refractivity contribution in [1.29, 1.82) is 0 Å². The molecule has 0 saturated carbocycles. The molecule has 0 saturated heterocycles. The molecule has 152 valence electrons. The predicted molar refractivity (Wildman–Crippen MR) is 117 cm³/mol. The van der Waals surface area contributed by atoms with Gasteiger partial charge in [-0.15, -0.1) is 11.8 Å². The number of hydrazone groups is 1. The van der Waals surface area contributed by atoms with Gasteiger partial charge in [-0.2, -0.15) is 5.10 Å². The molecule has 3 rings (SSSR count). The van der Waals surface area contributed by atoms with Crippen molar-refractivity contribution >= 4 is 46.8 Å². The maximum atomic E-state index is 12.8. The summed E-state index contributed by atoms with van der Waals surface area (Å²) in [6.07, 6.45) is 1.97. The number of amides is 2. The molecule has 1 unspecified atom stereocenters. The third-order valence-electron chi connectivity index (χ3n) is 4.61. The monoisotopic (exact) mass is 431 g/mol. The van der Waals surface area contributed by atoms with Crippen molar-refractivity contribution in [2.24, 2.45) is 10.5 Å². The number of halogens is 1. The second-order valence-corrected chi connectivity index (χ2v) is 8.04. The Kier molecular flexibility index (Phi) is 6.49. The van der Waals surface area contributed by atoms with Crippen molar-refractivity contribution in [3.05, 3.63) is 59.1 Å². The molecular weight excluding hydrogens is 410 g/mol. The van der Waals surface area contributed by atoms with E-state index >= 15 is 0 Å². The molecule has 0 fully saturated rings. The van der Waals surface area contributed by atoms with Crippen molar-refractivity contribution < 1.29 is 14.3 Å². The minimum atomic E-state index is -1.08. The van der Waals surface area contributed by atoms with Crippen LogP contribution >= 0.6 is 23.4 Å². The summed E-state index contributed by atoms with van der Waals surface area (Å²) >= 11 is 7.57. The second kappa shape index (κ2) is 8.88. The molecule has 0 aromatic heterocycles. The fraction of sp³-hybridized carbons (Fsp3) is 0.286. The summed E-state index contributed by atoms with van der Waals surface area (Å²) in [6, 6.07) is 14.1. The van der Waals surface area contributed by atoms with Crippen molar-refractivity contribution in [2.75, 3.05) is 24.7 Å². The van der Waals surface area contributed by atoms with Crippen LogP contribution in [-0.2, 0) is 9.53 Å². The van der Waals surface area contributed by atoms with Gasteiger partial charge in [-0.3, -0.25) is 4.79 Å². The summed E-state index contributed by atoms with van der Waals surface area (Å²) in [5, 5.41) is 9.16. The Morgan fingerprint density at radius 1 is 1.28 bits per heavy atom. The van der Waals surface area contributed by atoms with Gasteiger partial charge in [0.1, 0.15) is 5.41 Å². The lowest BCUT2D eigenvalue weighted by Gasteiger charge is -2.24. The van der Waals surface area contributed by atoms with Gasteiger partial charge in [-0.05, 0) is 56.0 Å². The van der Waals surface area contributed by atoms with E-state index in [1.165, 1.54) is 5.01 Å². The highest BCUT2D eigenvalue weighted by Gasteiger charge is 2.48. The first-order valence-corrected chi connectivity index (χ1v) is 10.7. The maximum absolute atomic E-state index is 12.8. The number of nitrogens with one attached hydrogen (secondary N) is 1. The number of urea groups is 1. The number of carbonyl (C=O) groups excluding carboxylic acids is 2. The molecule has 1 atom stereocenters. The summed E-state index contributed by atoms with van der Waals surface area (Å²) in [5.74, 6) is -0.423. The number of nitrogens with zero attached hydrogens (tertiary/aromatic N) is 2. The van der Waals surface area contributed by atoms with E-state index in [1.807, 2.05) is 30.5 Å². The zero-order valence-corrected chi connectivity index (χ0v) is 18.0. The number of benzene rings is 2. The fourth-order valence-corrected chi connectivity index (χ4v) is 3.67. The summed E-state index contributed by atoms with van der Waals surface area (Å²) in [7, 11) is 0. The van der Waals surface area contributed by atoms with E-state index in [1.54, 1.807) is 49.9 Å². The zero-order valence-electron chi connectivity index (χ0n) is 16.4. The van der Waals surface area contributed by atoms with Gasteiger partial charge in [-0.1, -0.05) is 29.8 Å². The molecule has 2 aromatic carbocycles. The van der Waals surface area contributed by atoms with Gasteiger partial charge >= 0.3 is 12.0 Å². The van der Waals surface area contributed by atoms with Crippen molar-refractivity contribution in [3.63, 3.8) is 0 Å². The normalized spacial score (nSPS) is 18.3. The number of esters is 1. The molecule has 6 nitrogen and oxygen atoms in total. The molecule has 2 aromatic rings. The zero-order chi connectivity index (χ0) is 21.0. The number of rotatable bonds is 5. The van der Waals surface area contributed by atoms with Crippen LogP contribution in [0.3, 0.4) is 0 Å². The molecule has 0 bridgehead atoms. The highest BCUT2D eigenvalue weighted by atomic mass is 35.5. The Morgan fingerprint density at radius 2 is 2.00 bits per heavy atom. The van der Waals surface area contributed by atoms with Crippen LogP contribution in [0.2, 0.25) is 5.02 Å². The number of carbonyl (C=O) groups is 2. The number of thioether (sulfide) groups is 1. The molecule has 1 heterocycles. The number of hydrogen-bond acceptors (Lipinski definition) is 5. The molecule has 1 N–H and O–H groups in total. The van der Waals surface area contributed by atoms with E-state index in [9.17, 15) is 9.59 Å². The standard InChI is InChI=1S/C21H22ClN3O3S/c1-4-28-19(26)21(2)13-25(24-18(21)14-8-10-15(22)11-9-14)20(27)23-16-6-5-7-17(12-16)29-3/h5-12H,4,13H2,1-3H3,(H,23,27). The number of hydrogen-bond donors (Lipinski definition) is 1.